The van der Waals surface area contributed by atoms with Crippen LogP contribution in [-0.4, -0.2) is 50.0 Å². The molecule has 0 aliphatic carbocycles. The van der Waals surface area contributed by atoms with Crippen LogP contribution in [0.25, 0.3) is 0 Å². The van der Waals surface area contributed by atoms with Gasteiger partial charge in [-0.3, -0.25) is 13.9 Å². The zero-order valence-electron chi connectivity index (χ0n) is 20.6. The van der Waals surface area contributed by atoms with E-state index in [1.807, 2.05) is 39.8 Å². The molecule has 2 aromatic rings. The van der Waals surface area contributed by atoms with Gasteiger partial charge in [0.2, 0.25) is 21.8 Å². The number of carbonyl (C=O) groups is 2. The van der Waals surface area contributed by atoms with Crippen LogP contribution in [0.4, 0.5) is 5.69 Å². The maximum absolute atomic E-state index is 13.5. The van der Waals surface area contributed by atoms with Crippen LogP contribution >= 0.6 is 11.6 Å². The number of carbonyl (C=O) groups excluding carboxylic acids is 2. The zero-order chi connectivity index (χ0) is 25.6. The van der Waals surface area contributed by atoms with Gasteiger partial charge in [0.25, 0.3) is 0 Å². The summed E-state index contributed by atoms with van der Waals surface area (Å²) in [4.78, 5) is 27.6. The minimum absolute atomic E-state index is 0.106. The first kappa shape index (κ1) is 27.7. The van der Waals surface area contributed by atoms with Crippen LogP contribution in [-0.2, 0) is 26.2 Å². The molecule has 0 fully saturated rings. The van der Waals surface area contributed by atoms with Gasteiger partial charge in [-0.1, -0.05) is 49.7 Å². The van der Waals surface area contributed by atoms with Gasteiger partial charge in [0.15, 0.2) is 0 Å². The topological polar surface area (TPSA) is 86.8 Å². The number of halogens is 1. The summed E-state index contributed by atoms with van der Waals surface area (Å²) in [7, 11) is -3.76. The quantitative estimate of drug-likeness (QED) is 0.523. The second-order valence-electron chi connectivity index (χ2n) is 9.01. The molecule has 7 nitrogen and oxygen atoms in total. The van der Waals surface area contributed by atoms with E-state index in [-0.39, 0.29) is 24.4 Å². The lowest BCUT2D eigenvalue weighted by Crippen LogP contribution is -2.52. The lowest BCUT2D eigenvalue weighted by molar-refractivity contribution is -0.139. The summed E-state index contributed by atoms with van der Waals surface area (Å²) in [5.41, 5.74) is 2.18. The Balaban J connectivity index is 2.38. The molecule has 0 spiro atoms. The first-order chi connectivity index (χ1) is 15.8. The number of hydrogen-bond donors (Lipinski definition) is 1. The number of nitrogens with zero attached hydrogens (tertiary/aromatic N) is 2. The Morgan fingerprint density at radius 1 is 1.00 bits per heavy atom. The number of hydrogen-bond acceptors (Lipinski definition) is 4. The minimum atomic E-state index is -3.76. The Morgan fingerprint density at radius 3 is 2.12 bits per heavy atom. The summed E-state index contributed by atoms with van der Waals surface area (Å²) < 4.78 is 26.3. The molecule has 9 heteroatoms. The van der Waals surface area contributed by atoms with Gasteiger partial charge in [-0.25, -0.2) is 8.42 Å². The van der Waals surface area contributed by atoms with E-state index in [9.17, 15) is 18.0 Å². The van der Waals surface area contributed by atoms with Gasteiger partial charge < -0.3 is 10.2 Å². The van der Waals surface area contributed by atoms with Gasteiger partial charge in [0.1, 0.15) is 12.6 Å². The monoisotopic (exact) mass is 507 g/mol. The maximum atomic E-state index is 13.5. The van der Waals surface area contributed by atoms with Crippen molar-refractivity contribution in [3.8, 4) is 0 Å². The molecule has 0 aliphatic rings. The van der Waals surface area contributed by atoms with Gasteiger partial charge >= 0.3 is 0 Å². The summed E-state index contributed by atoms with van der Waals surface area (Å²) in [5.74, 6) is -0.529. The zero-order valence-corrected chi connectivity index (χ0v) is 22.2. The van der Waals surface area contributed by atoms with Crippen molar-refractivity contribution in [1.29, 1.82) is 0 Å². The fourth-order valence-corrected chi connectivity index (χ4v) is 4.52. The van der Waals surface area contributed by atoms with Crippen molar-refractivity contribution < 1.29 is 18.0 Å². The number of amides is 2. The smallest absolute Gasteiger partial charge is 0.244 e. The molecule has 0 aromatic heterocycles. The predicted octanol–water partition coefficient (Wildman–Crippen LogP) is 4.17. The summed E-state index contributed by atoms with van der Waals surface area (Å²) in [5, 5.41) is 3.32. The van der Waals surface area contributed by atoms with Crippen LogP contribution in [0.5, 0.6) is 0 Å². The first-order valence-corrected chi connectivity index (χ1v) is 13.4. The van der Waals surface area contributed by atoms with Crippen LogP contribution in [0, 0.1) is 0 Å². The van der Waals surface area contributed by atoms with E-state index < -0.39 is 28.5 Å². The normalized spacial score (nSPS) is 12.5. The van der Waals surface area contributed by atoms with Crippen molar-refractivity contribution >= 4 is 39.1 Å². The van der Waals surface area contributed by atoms with E-state index in [0.717, 1.165) is 21.7 Å². The third-order valence-corrected chi connectivity index (χ3v) is 6.74. The van der Waals surface area contributed by atoms with Crippen molar-refractivity contribution in [3.63, 3.8) is 0 Å². The molecule has 1 unspecified atom stereocenters. The van der Waals surface area contributed by atoms with Crippen LogP contribution in [0.3, 0.4) is 0 Å². The van der Waals surface area contributed by atoms with Crippen molar-refractivity contribution in [2.45, 2.75) is 59.2 Å². The standard InChI is InChI=1S/C25H34ClN3O4S/c1-17(2)21-10-12-23(13-11-21)29(34(6,32)33)16-24(30)28(19(5)25(31)27-18(3)4)15-20-8-7-9-22(26)14-20/h7-14,17-19H,15-16H2,1-6H3,(H,27,31). The van der Waals surface area contributed by atoms with Crippen LogP contribution in [0.15, 0.2) is 48.5 Å². The number of sulfonamides is 1. The third kappa shape index (κ3) is 7.74. The second-order valence-corrected chi connectivity index (χ2v) is 11.3. The molecular weight excluding hydrogens is 474 g/mol. The Morgan fingerprint density at radius 2 is 1.62 bits per heavy atom. The molecule has 0 saturated heterocycles. The van der Waals surface area contributed by atoms with Crippen molar-refractivity contribution in [3.05, 3.63) is 64.7 Å². The molecule has 2 aromatic carbocycles. The van der Waals surface area contributed by atoms with Crippen LogP contribution < -0.4 is 9.62 Å². The van der Waals surface area contributed by atoms with Gasteiger partial charge in [-0.15, -0.1) is 0 Å². The largest absolute Gasteiger partial charge is 0.352 e. The van der Waals surface area contributed by atoms with Crippen molar-refractivity contribution in [2.24, 2.45) is 0 Å². The van der Waals surface area contributed by atoms with E-state index >= 15 is 0 Å². The summed E-state index contributed by atoms with van der Waals surface area (Å²) in [6, 6.07) is 13.2. The minimum Gasteiger partial charge on any atom is -0.352 e. The van der Waals surface area contributed by atoms with Crippen LogP contribution in [0.1, 0.15) is 51.7 Å². The Bertz CT molecular complexity index is 1100. The lowest BCUT2D eigenvalue weighted by atomic mass is 10.0. The van der Waals surface area contributed by atoms with E-state index in [0.29, 0.717) is 10.7 Å². The number of nitrogens with one attached hydrogen (secondary N) is 1. The fourth-order valence-electron chi connectivity index (χ4n) is 3.46. The van der Waals surface area contributed by atoms with E-state index in [4.69, 9.17) is 11.6 Å². The van der Waals surface area contributed by atoms with Gasteiger partial charge in [-0.05, 0) is 62.1 Å². The molecule has 2 rings (SSSR count). The highest BCUT2D eigenvalue weighted by Gasteiger charge is 2.30. The molecule has 0 aliphatic heterocycles. The van der Waals surface area contributed by atoms with E-state index in [1.54, 1.807) is 43.3 Å². The van der Waals surface area contributed by atoms with Gasteiger partial charge in [0, 0.05) is 17.6 Å². The second kappa shape index (κ2) is 11.7. The highest BCUT2D eigenvalue weighted by atomic mass is 35.5. The molecule has 0 saturated carbocycles. The third-order valence-electron chi connectivity index (χ3n) is 5.37. The molecular formula is C25H34ClN3O4S. The highest BCUT2D eigenvalue weighted by molar-refractivity contribution is 7.92. The lowest BCUT2D eigenvalue weighted by Gasteiger charge is -2.32. The van der Waals surface area contributed by atoms with Crippen molar-refractivity contribution in [1.82, 2.24) is 10.2 Å². The Kier molecular flexibility index (Phi) is 9.53. The van der Waals surface area contributed by atoms with Gasteiger partial charge in [-0.2, -0.15) is 0 Å². The summed E-state index contributed by atoms with van der Waals surface area (Å²) in [6.45, 7) is 9.06. The number of anilines is 1. The summed E-state index contributed by atoms with van der Waals surface area (Å²) in [6.07, 6.45) is 1.06. The molecule has 0 radical (unpaired) electrons. The molecule has 34 heavy (non-hydrogen) atoms. The Labute approximate surface area is 208 Å². The van der Waals surface area contributed by atoms with E-state index in [1.165, 1.54) is 4.90 Å². The van der Waals surface area contributed by atoms with Crippen molar-refractivity contribution in [2.75, 3.05) is 17.1 Å². The number of benzene rings is 2. The molecule has 186 valence electrons. The number of rotatable bonds is 10. The predicted molar refractivity (Wildman–Crippen MR) is 137 cm³/mol. The average Bonchev–Trinajstić information content (AvgIpc) is 2.74. The highest BCUT2D eigenvalue weighted by Crippen LogP contribution is 2.23. The molecule has 0 heterocycles. The summed E-state index contributed by atoms with van der Waals surface area (Å²) >= 11 is 6.11. The fraction of sp³-hybridized carbons (Fsp3) is 0.440. The van der Waals surface area contributed by atoms with Gasteiger partial charge in [0.05, 0.1) is 11.9 Å². The first-order valence-electron chi connectivity index (χ1n) is 11.2. The van der Waals surface area contributed by atoms with Crippen LogP contribution in [0.2, 0.25) is 5.02 Å². The van der Waals surface area contributed by atoms with E-state index in [2.05, 4.69) is 5.32 Å². The molecule has 0 bridgehead atoms. The molecule has 1 atom stereocenters. The molecule has 1 N–H and O–H groups in total. The average molecular weight is 508 g/mol. The maximum Gasteiger partial charge on any atom is 0.244 e. The Hall–Kier alpha value is -2.58. The SMILES string of the molecule is CC(C)NC(=O)C(C)N(Cc1cccc(Cl)c1)C(=O)CN(c1ccc(C(C)C)cc1)S(C)(=O)=O. The molecule has 2 amide bonds.